The lowest BCUT2D eigenvalue weighted by atomic mass is 10.1. The highest BCUT2D eigenvalue weighted by Crippen LogP contribution is 2.03. The van der Waals surface area contributed by atoms with Crippen LogP contribution in [-0.4, -0.2) is 28.0 Å². The van der Waals surface area contributed by atoms with E-state index in [1.165, 1.54) is 18.2 Å². The number of rotatable bonds is 6. The van der Waals surface area contributed by atoms with Crippen molar-refractivity contribution in [3.05, 3.63) is 34.2 Å². The first kappa shape index (κ1) is 14.0. The SMILES string of the molecule is CCCC(CC(=O)O)NC(=O)c1cccc(=O)[nH]1. The van der Waals surface area contributed by atoms with Crippen molar-refractivity contribution in [3.63, 3.8) is 0 Å². The molecule has 98 valence electrons. The van der Waals surface area contributed by atoms with Crippen molar-refractivity contribution in [2.24, 2.45) is 0 Å². The van der Waals surface area contributed by atoms with Crippen LogP contribution >= 0.6 is 0 Å². The summed E-state index contributed by atoms with van der Waals surface area (Å²) in [5.74, 6) is -1.43. The number of hydrogen-bond donors (Lipinski definition) is 3. The molecule has 1 heterocycles. The number of aliphatic carboxylic acids is 1. The minimum atomic E-state index is -0.963. The van der Waals surface area contributed by atoms with Crippen LogP contribution in [0.25, 0.3) is 0 Å². The van der Waals surface area contributed by atoms with E-state index in [0.717, 1.165) is 6.42 Å². The van der Waals surface area contributed by atoms with Gasteiger partial charge in [-0.15, -0.1) is 0 Å². The molecule has 0 spiro atoms. The average Bonchev–Trinajstić information content (AvgIpc) is 2.28. The molecule has 1 aromatic heterocycles. The number of nitrogens with one attached hydrogen (secondary N) is 2. The van der Waals surface area contributed by atoms with Gasteiger partial charge in [0.05, 0.1) is 6.42 Å². The molecule has 0 aliphatic carbocycles. The molecule has 0 aliphatic rings. The van der Waals surface area contributed by atoms with Gasteiger partial charge in [0, 0.05) is 12.1 Å². The largest absolute Gasteiger partial charge is 0.481 e. The van der Waals surface area contributed by atoms with Crippen LogP contribution in [0.3, 0.4) is 0 Å². The first-order valence-corrected chi connectivity index (χ1v) is 5.75. The van der Waals surface area contributed by atoms with Crippen LogP contribution in [0, 0.1) is 0 Å². The summed E-state index contributed by atoms with van der Waals surface area (Å²) in [4.78, 5) is 35.9. The van der Waals surface area contributed by atoms with E-state index >= 15 is 0 Å². The summed E-state index contributed by atoms with van der Waals surface area (Å²) in [6, 6.07) is 3.82. The van der Waals surface area contributed by atoms with Crippen molar-refractivity contribution in [2.75, 3.05) is 0 Å². The molecule has 0 bridgehead atoms. The molecule has 6 heteroatoms. The van der Waals surface area contributed by atoms with Crippen molar-refractivity contribution >= 4 is 11.9 Å². The van der Waals surface area contributed by atoms with Crippen molar-refractivity contribution in [3.8, 4) is 0 Å². The molecular formula is C12H16N2O4. The first-order valence-electron chi connectivity index (χ1n) is 5.75. The van der Waals surface area contributed by atoms with Crippen LogP contribution in [0.2, 0.25) is 0 Å². The Kier molecular flexibility index (Phi) is 5.10. The van der Waals surface area contributed by atoms with E-state index in [4.69, 9.17) is 5.11 Å². The Morgan fingerprint density at radius 1 is 1.44 bits per heavy atom. The van der Waals surface area contributed by atoms with Crippen LogP contribution in [0.1, 0.15) is 36.7 Å². The Morgan fingerprint density at radius 3 is 2.72 bits per heavy atom. The molecule has 0 fully saturated rings. The van der Waals surface area contributed by atoms with Crippen LogP contribution < -0.4 is 10.9 Å². The molecule has 3 N–H and O–H groups in total. The van der Waals surface area contributed by atoms with E-state index in [9.17, 15) is 14.4 Å². The van der Waals surface area contributed by atoms with Gasteiger partial charge >= 0.3 is 5.97 Å². The Balaban J connectivity index is 2.71. The maximum atomic E-state index is 11.8. The van der Waals surface area contributed by atoms with Gasteiger partial charge in [-0.2, -0.15) is 0 Å². The smallest absolute Gasteiger partial charge is 0.305 e. The highest BCUT2D eigenvalue weighted by atomic mass is 16.4. The fraction of sp³-hybridized carbons (Fsp3) is 0.417. The zero-order valence-electron chi connectivity index (χ0n) is 10.1. The maximum Gasteiger partial charge on any atom is 0.305 e. The molecule has 0 aromatic carbocycles. The van der Waals surface area contributed by atoms with E-state index in [1.54, 1.807) is 0 Å². The monoisotopic (exact) mass is 252 g/mol. The lowest BCUT2D eigenvalue weighted by molar-refractivity contribution is -0.137. The molecule has 1 rings (SSSR count). The molecule has 0 radical (unpaired) electrons. The molecule has 1 atom stereocenters. The van der Waals surface area contributed by atoms with Gasteiger partial charge in [0.2, 0.25) is 5.56 Å². The minimum Gasteiger partial charge on any atom is -0.481 e. The normalized spacial score (nSPS) is 11.8. The predicted molar refractivity (Wildman–Crippen MR) is 65.5 cm³/mol. The second kappa shape index (κ2) is 6.58. The summed E-state index contributed by atoms with van der Waals surface area (Å²) in [5.41, 5.74) is -0.234. The third-order valence-corrected chi connectivity index (χ3v) is 2.41. The van der Waals surface area contributed by atoms with Crippen molar-refractivity contribution in [2.45, 2.75) is 32.2 Å². The molecule has 6 nitrogen and oxygen atoms in total. The van der Waals surface area contributed by atoms with Gasteiger partial charge in [0.1, 0.15) is 5.69 Å². The number of aromatic amines is 1. The van der Waals surface area contributed by atoms with Crippen LogP contribution in [0.4, 0.5) is 0 Å². The van der Waals surface area contributed by atoms with E-state index in [2.05, 4.69) is 10.3 Å². The summed E-state index contributed by atoms with van der Waals surface area (Å²) >= 11 is 0. The van der Waals surface area contributed by atoms with Crippen molar-refractivity contribution in [1.82, 2.24) is 10.3 Å². The van der Waals surface area contributed by atoms with E-state index < -0.39 is 17.9 Å². The van der Waals surface area contributed by atoms with Gasteiger partial charge in [-0.25, -0.2) is 0 Å². The molecule has 0 aliphatic heterocycles. The molecule has 1 aromatic rings. The number of carbonyl (C=O) groups excluding carboxylic acids is 1. The van der Waals surface area contributed by atoms with E-state index in [1.807, 2.05) is 6.92 Å². The number of aromatic nitrogens is 1. The summed E-state index contributed by atoms with van der Waals surface area (Å²) in [6.45, 7) is 1.91. The zero-order chi connectivity index (χ0) is 13.5. The summed E-state index contributed by atoms with van der Waals surface area (Å²) in [5, 5.41) is 11.3. The van der Waals surface area contributed by atoms with Crippen LogP contribution in [0.15, 0.2) is 23.0 Å². The lowest BCUT2D eigenvalue weighted by Crippen LogP contribution is -2.37. The van der Waals surface area contributed by atoms with E-state index in [0.29, 0.717) is 6.42 Å². The number of H-pyrrole nitrogens is 1. The number of carboxylic acids is 1. The fourth-order valence-electron chi connectivity index (χ4n) is 1.63. The number of amides is 1. The topological polar surface area (TPSA) is 99.3 Å². The second-order valence-corrected chi connectivity index (χ2v) is 3.99. The maximum absolute atomic E-state index is 11.8. The molecule has 1 unspecified atom stereocenters. The highest BCUT2D eigenvalue weighted by molar-refractivity contribution is 5.92. The number of hydrogen-bond acceptors (Lipinski definition) is 3. The summed E-state index contributed by atoms with van der Waals surface area (Å²) < 4.78 is 0. The first-order chi connectivity index (χ1) is 8.52. The Hall–Kier alpha value is -2.11. The van der Waals surface area contributed by atoms with Crippen LogP contribution in [0.5, 0.6) is 0 Å². The minimum absolute atomic E-state index is 0.128. The Labute approximate surface area is 104 Å². The van der Waals surface area contributed by atoms with Gasteiger partial charge in [-0.05, 0) is 12.5 Å². The van der Waals surface area contributed by atoms with Gasteiger partial charge in [0.15, 0.2) is 0 Å². The Bertz CT molecular complexity index is 481. The average molecular weight is 252 g/mol. The van der Waals surface area contributed by atoms with E-state index in [-0.39, 0.29) is 17.7 Å². The predicted octanol–water partition coefficient (Wildman–Crippen LogP) is 0.748. The third kappa shape index (κ3) is 4.40. The van der Waals surface area contributed by atoms with Crippen LogP contribution in [-0.2, 0) is 4.79 Å². The zero-order valence-corrected chi connectivity index (χ0v) is 10.1. The number of pyridine rings is 1. The fourth-order valence-corrected chi connectivity index (χ4v) is 1.63. The summed E-state index contributed by atoms with van der Waals surface area (Å²) in [6.07, 6.45) is 1.22. The Morgan fingerprint density at radius 2 is 2.17 bits per heavy atom. The lowest BCUT2D eigenvalue weighted by Gasteiger charge is -2.15. The highest BCUT2D eigenvalue weighted by Gasteiger charge is 2.16. The molecule has 18 heavy (non-hydrogen) atoms. The molecular weight excluding hydrogens is 236 g/mol. The standard InChI is InChI=1S/C12H16N2O4/c1-2-4-8(7-11(16)17)13-12(18)9-5-3-6-10(15)14-9/h3,5-6,8H,2,4,7H2,1H3,(H,13,18)(H,14,15)(H,16,17). The second-order valence-electron chi connectivity index (χ2n) is 3.99. The number of carboxylic acid groups (broad SMARTS) is 1. The third-order valence-electron chi connectivity index (χ3n) is 2.41. The van der Waals surface area contributed by atoms with Gasteiger partial charge in [-0.1, -0.05) is 19.4 Å². The van der Waals surface area contributed by atoms with Gasteiger partial charge in [0.25, 0.3) is 5.91 Å². The van der Waals surface area contributed by atoms with Crippen molar-refractivity contribution < 1.29 is 14.7 Å². The number of carbonyl (C=O) groups is 2. The molecule has 1 amide bonds. The van der Waals surface area contributed by atoms with Gasteiger partial charge in [-0.3, -0.25) is 14.4 Å². The van der Waals surface area contributed by atoms with Gasteiger partial charge < -0.3 is 15.4 Å². The quantitative estimate of drug-likeness (QED) is 0.695. The summed E-state index contributed by atoms with van der Waals surface area (Å²) in [7, 11) is 0. The van der Waals surface area contributed by atoms with Crippen molar-refractivity contribution in [1.29, 1.82) is 0 Å². The molecule has 0 saturated heterocycles. The molecule has 0 saturated carbocycles.